The summed E-state index contributed by atoms with van der Waals surface area (Å²) in [5, 5.41) is 7.32. The molecule has 3 aliphatic rings. The van der Waals surface area contributed by atoms with Gasteiger partial charge in [0.25, 0.3) is 0 Å². The van der Waals surface area contributed by atoms with Crippen molar-refractivity contribution in [3.05, 3.63) is 0 Å². The van der Waals surface area contributed by atoms with Gasteiger partial charge in [-0.25, -0.2) is 0 Å². The summed E-state index contributed by atoms with van der Waals surface area (Å²) in [5.41, 5.74) is 0.299. The van der Waals surface area contributed by atoms with Gasteiger partial charge in [-0.2, -0.15) is 0 Å². The maximum Gasteiger partial charge on any atom is 0.191 e. The highest BCUT2D eigenvalue weighted by Gasteiger charge is 2.39. The Bertz CT molecular complexity index is 472. The lowest BCUT2D eigenvalue weighted by atomic mass is 9.84. The van der Waals surface area contributed by atoms with Crippen molar-refractivity contribution in [2.24, 2.45) is 4.99 Å². The molecule has 0 saturated carbocycles. The molecule has 1 unspecified atom stereocenters. The lowest BCUT2D eigenvalue weighted by Gasteiger charge is -2.50. The first-order valence-electron chi connectivity index (χ1n) is 11.3. The normalized spacial score (nSPS) is 27.4. The van der Waals surface area contributed by atoms with Crippen LogP contribution < -0.4 is 10.6 Å². The number of aliphatic imine (C=N–C) groups is 1. The third-order valence-corrected chi connectivity index (χ3v) is 7.16. The Labute approximate surface area is 189 Å². The predicted octanol–water partition coefficient (Wildman–Crippen LogP) is 2.20. The fourth-order valence-electron chi connectivity index (χ4n) is 5.23. The molecule has 2 N–H and O–H groups in total. The third-order valence-electron chi connectivity index (χ3n) is 7.16. The molecule has 3 rings (SSSR count). The molecule has 6 nitrogen and oxygen atoms in total. The summed E-state index contributed by atoms with van der Waals surface area (Å²) >= 11 is 0. The van der Waals surface area contributed by atoms with E-state index in [-0.39, 0.29) is 24.0 Å². The molecular formula is C21H43IN6. The SMILES string of the molecule is CCN1CCCC1CNC(=NC)NCC1(N2CCCCC2)CCN(C)CC1.I. The second-order valence-corrected chi connectivity index (χ2v) is 8.81. The fourth-order valence-corrected chi connectivity index (χ4v) is 5.23. The summed E-state index contributed by atoms with van der Waals surface area (Å²) in [6.45, 7) is 11.7. The van der Waals surface area contributed by atoms with Crippen LogP contribution in [0.15, 0.2) is 4.99 Å². The molecule has 7 heteroatoms. The van der Waals surface area contributed by atoms with E-state index < -0.39 is 0 Å². The van der Waals surface area contributed by atoms with Crippen molar-refractivity contribution in [1.82, 2.24) is 25.3 Å². The summed E-state index contributed by atoms with van der Waals surface area (Å²) in [4.78, 5) is 12.4. The molecule has 0 spiro atoms. The van der Waals surface area contributed by atoms with E-state index in [1.54, 1.807) is 0 Å². The molecule has 0 bridgehead atoms. The van der Waals surface area contributed by atoms with Crippen molar-refractivity contribution in [2.45, 2.75) is 63.5 Å². The van der Waals surface area contributed by atoms with Crippen molar-refractivity contribution in [2.75, 3.05) is 66.5 Å². The van der Waals surface area contributed by atoms with Gasteiger partial charge in [-0.05, 0) is 84.8 Å². The summed E-state index contributed by atoms with van der Waals surface area (Å²) in [6, 6.07) is 0.660. The van der Waals surface area contributed by atoms with E-state index in [0.29, 0.717) is 11.6 Å². The summed E-state index contributed by atoms with van der Waals surface area (Å²) < 4.78 is 0. The maximum absolute atomic E-state index is 4.52. The molecule has 3 heterocycles. The molecular weight excluding hydrogens is 463 g/mol. The van der Waals surface area contributed by atoms with Gasteiger partial charge < -0.3 is 15.5 Å². The van der Waals surface area contributed by atoms with Gasteiger partial charge in [-0.3, -0.25) is 14.8 Å². The number of likely N-dealkylation sites (N-methyl/N-ethyl adjacent to an activating group) is 1. The number of likely N-dealkylation sites (tertiary alicyclic amines) is 3. The highest BCUT2D eigenvalue weighted by Crippen LogP contribution is 2.30. The van der Waals surface area contributed by atoms with Crippen LogP contribution in [0.1, 0.15) is 51.9 Å². The average Bonchev–Trinajstić information content (AvgIpc) is 3.18. The quantitative estimate of drug-likeness (QED) is 0.329. The van der Waals surface area contributed by atoms with Gasteiger partial charge >= 0.3 is 0 Å². The van der Waals surface area contributed by atoms with E-state index in [9.17, 15) is 0 Å². The molecule has 28 heavy (non-hydrogen) atoms. The Morgan fingerprint density at radius 1 is 1.00 bits per heavy atom. The van der Waals surface area contributed by atoms with Crippen molar-refractivity contribution in [3.8, 4) is 0 Å². The van der Waals surface area contributed by atoms with Gasteiger partial charge in [0.05, 0.1) is 0 Å². The summed E-state index contributed by atoms with van der Waals surface area (Å²) in [7, 11) is 4.17. The molecule has 1 atom stereocenters. The smallest absolute Gasteiger partial charge is 0.191 e. The first-order chi connectivity index (χ1) is 13.2. The van der Waals surface area contributed by atoms with Crippen LogP contribution in [-0.4, -0.2) is 98.7 Å². The minimum atomic E-state index is 0. The Balaban J connectivity index is 0.00000280. The van der Waals surface area contributed by atoms with Crippen molar-refractivity contribution >= 4 is 29.9 Å². The number of hydrogen-bond donors (Lipinski definition) is 2. The molecule has 0 amide bonds. The number of halogens is 1. The van der Waals surface area contributed by atoms with Crippen LogP contribution in [0.4, 0.5) is 0 Å². The highest BCUT2D eigenvalue weighted by molar-refractivity contribution is 14.0. The van der Waals surface area contributed by atoms with E-state index in [0.717, 1.165) is 25.6 Å². The van der Waals surface area contributed by atoms with E-state index >= 15 is 0 Å². The Kier molecular flexibility index (Phi) is 10.3. The van der Waals surface area contributed by atoms with E-state index in [2.05, 4.69) is 44.3 Å². The van der Waals surface area contributed by atoms with Crippen molar-refractivity contribution < 1.29 is 0 Å². The first kappa shape index (κ1) is 24.2. The second kappa shape index (κ2) is 11.9. The first-order valence-corrected chi connectivity index (χ1v) is 11.3. The number of piperidine rings is 2. The highest BCUT2D eigenvalue weighted by atomic mass is 127. The minimum absolute atomic E-state index is 0. The van der Waals surface area contributed by atoms with E-state index in [1.165, 1.54) is 77.7 Å². The average molecular weight is 507 g/mol. The van der Waals surface area contributed by atoms with E-state index in [1.807, 2.05) is 7.05 Å². The van der Waals surface area contributed by atoms with Crippen LogP contribution in [0.25, 0.3) is 0 Å². The molecule has 0 aliphatic carbocycles. The molecule has 3 aliphatic heterocycles. The standard InChI is InChI=1S/C21H42N6.HI/c1-4-26-12-8-9-19(26)17-23-20(22-2)24-18-21(10-15-25(3)16-11-21)27-13-6-5-7-14-27;/h19H,4-18H2,1-3H3,(H2,22,23,24);1H. The summed E-state index contributed by atoms with van der Waals surface area (Å²) in [6.07, 6.45) is 9.29. The largest absolute Gasteiger partial charge is 0.355 e. The van der Waals surface area contributed by atoms with Crippen LogP contribution >= 0.6 is 24.0 Å². The zero-order valence-corrected chi connectivity index (χ0v) is 20.7. The van der Waals surface area contributed by atoms with Crippen molar-refractivity contribution in [1.29, 1.82) is 0 Å². The molecule has 0 aromatic heterocycles. The lowest BCUT2D eigenvalue weighted by Crippen LogP contribution is -2.62. The Morgan fingerprint density at radius 2 is 1.71 bits per heavy atom. The minimum Gasteiger partial charge on any atom is -0.355 e. The van der Waals surface area contributed by atoms with Gasteiger partial charge in [0.2, 0.25) is 0 Å². The van der Waals surface area contributed by atoms with Gasteiger partial charge in [-0.1, -0.05) is 13.3 Å². The number of nitrogens with one attached hydrogen (secondary N) is 2. The van der Waals surface area contributed by atoms with Crippen LogP contribution in [0.3, 0.4) is 0 Å². The molecule has 0 aromatic rings. The number of hydrogen-bond acceptors (Lipinski definition) is 4. The Hall–Kier alpha value is -0.120. The Morgan fingerprint density at radius 3 is 2.36 bits per heavy atom. The van der Waals surface area contributed by atoms with Crippen LogP contribution in [0.2, 0.25) is 0 Å². The fraction of sp³-hybridized carbons (Fsp3) is 0.952. The summed E-state index contributed by atoms with van der Waals surface area (Å²) in [5.74, 6) is 0.980. The molecule has 164 valence electrons. The second-order valence-electron chi connectivity index (χ2n) is 8.81. The van der Waals surface area contributed by atoms with Crippen LogP contribution in [0.5, 0.6) is 0 Å². The van der Waals surface area contributed by atoms with Crippen molar-refractivity contribution in [3.63, 3.8) is 0 Å². The number of guanidine groups is 1. The predicted molar refractivity (Wildman–Crippen MR) is 130 cm³/mol. The van der Waals surface area contributed by atoms with Gasteiger partial charge in [0.1, 0.15) is 0 Å². The van der Waals surface area contributed by atoms with E-state index in [4.69, 9.17) is 0 Å². The van der Waals surface area contributed by atoms with Gasteiger partial charge in [0, 0.05) is 31.7 Å². The zero-order chi connectivity index (χ0) is 19.1. The molecule has 3 fully saturated rings. The van der Waals surface area contributed by atoms with Crippen LogP contribution in [0, 0.1) is 0 Å². The third kappa shape index (κ3) is 6.19. The van der Waals surface area contributed by atoms with Gasteiger partial charge in [0.15, 0.2) is 5.96 Å². The molecule has 0 radical (unpaired) electrons. The molecule has 3 saturated heterocycles. The number of nitrogens with zero attached hydrogens (tertiary/aromatic N) is 4. The van der Waals surface area contributed by atoms with Gasteiger partial charge in [-0.15, -0.1) is 24.0 Å². The number of rotatable bonds is 6. The monoisotopic (exact) mass is 506 g/mol. The lowest BCUT2D eigenvalue weighted by molar-refractivity contribution is 0.0173. The maximum atomic E-state index is 4.52. The van der Waals surface area contributed by atoms with Crippen LogP contribution in [-0.2, 0) is 0 Å². The molecule has 0 aromatic carbocycles. The zero-order valence-electron chi connectivity index (χ0n) is 18.4. The topological polar surface area (TPSA) is 46.1 Å².